The van der Waals surface area contributed by atoms with Crippen LogP contribution in [0.15, 0.2) is 0 Å². The van der Waals surface area contributed by atoms with E-state index in [-0.39, 0.29) is 5.91 Å². The van der Waals surface area contributed by atoms with Crippen LogP contribution in [0.2, 0.25) is 0 Å². The van der Waals surface area contributed by atoms with Crippen molar-refractivity contribution in [3.63, 3.8) is 0 Å². The first-order chi connectivity index (χ1) is 4.33. The molecule has 0 bridgehead atoms. The average molecular weight is 128 g/mol. The fraction of sp³-hybridized carbons (Fsp3) is 0.833. The largest absolute Gasteiger partial charge is 0.359 e. The quantitative estimate of drug-likeness (QED) is 0.525. The van der Waals surface area contributed by atoms with Crippen LogP contribution in [0.5, 0.6) is 0 Å². The van der Waals surface area contributed by atoms with Gasteiger partial charge in [0.2, 0.25) is 5.91 Å². The van der Waals surface area contributed by atoms with Crippen LogP contribution in [-0.4, -0.2) is 25.5 Å². The zero-order chi connectivity index (χ0) is 6.69. The number of rotatable bonds is 2. The van der Waals surface area contributed by atoms with Crippen molar-refractivity contribution in [2.75, 3.05) is 13.6 Å². The van der Waals surface area contributed by atoms with Gasteiger partial charge in [0.15, 0.2) is 0 Å². The third-order valence-corrected chi connectivity index (χ3v) is 1.64. The molecule has 0 saturated carbocycles. The van der Waals surface area contributed by atoms with E-state index >= 15 is 0 Å². The monoisotopic (exact) mass is 128 g/mol. The lowest BCUT2D eigenvalue weighted by Gasteiger charge is -2.26. The molecular weight excluding hydrogens is 116 g/mol. The predicted octanol–water partition coefficient (Wildman–Crippen LogP) is -0.516. The number of carbonyl (C=O) groups is 1. The topological polar surface area (TPSA) is 41.1 Å². The standard InChI is InChI=1S/C6H12N2O/c1-7-6(9)4-5-2-3-8-5/h5,8H,2-4H2,1H3,(H,7,9). The molecule has 1 amide bonds. The van der Waals surface area contributed by atoms with Crippen molar-refractivity contribution in [1.29, 1.82) is 0 Å². The molecule has 0 aromatic carbocycles. The third kappa shape index (κ3) is 1.68. The Morgan fingerprint density at radius 2 is 2.56 bits per heavy atom. The lowest BCUT2D eigenvalue weighted by atomic mass is 10.0. The summed E-state index contributed by atoms with van der Waals surface area (Å²) in [4.78, 5) is 10.7. The Kier molecular flexibility index (Phi) is 2.05. The molecule has 1 saturated heterocycles. The van der Waals surface area contributed by atoms with Gasteiger partial charge in [0.05, 0.1) is 0 Å². The van der Waals surface area contributed by atoms with Crippen LogP contribution in [0.25, 0.3) is 0 Å². The van der Waals surface area contributed by atoms with E-state index in [1.54, 1.807) is 7.05 Å². The molecular formula is C6H12N2O. The van der Waals surface area contributed by atoms with Gasteiger partial charge in [-0.3, -0.25) is 4.79 Å². The van der Waals surface area contributed by atoms with Crippen molar-refractivity contribution in [2.24, 2.45) is 0 Å². The van der Waals surface area contributed by atoms with Crippen LogP contribution >= 0.6 is 0 Å². The summed E-state index contributed by atoms with van der Waals surface area (Å²) < 4.78 is 0. The molecule has 0 aromatic heterocycles. The van der Waals surface area contributed by atoms with Crippen LogP contribution in [-0.2, 0) is 4.79 Å². The summed E-state index contributed by atoms with van der Waals surface area (Å²) in [5, 5.41) is 5.74. The second-order valence-electron chi connectivity index (χ2n) is 2.32. The summed E-state index contributed by atoms with van der Waals surface area (Å²) in [5.41, 5.74) is 0. The number of carbonyl (C=O) groups excluding carboxylic acids is 1. The molecule has 1 aliphatic rings. The van der Waals surface area contributed by atoms with Crippen LogP contribution in [0.3, 0.4) is 0 Å². The van der Waals surface area contributed by atoms with Crippen molar-refractivity contribution in [3.8, 4) is 0 Å². The van der Waals surface area contributed by atoms with Crippen LogP contribution in [0, 0.1) is 0 Å². The summed E-state index contributed by atoms with van der Waals surface area (Å²) >= 11 is 0. The lowest BCUT2D eigenvalue weighted by molar-refractivity contribution is -0.121. The molecule has 2 N–H and O–H groups in total. The number of hydrogen-bond donors (Lipinski definition) is 2. The fourth-order valence-corrected chi connectivity index (χ4v) is 0.849. The lowest BCUT2D eigenvalue weighted by Crippen LogP contribution is -2.45. The van der Waals surface area contributed by atoms with E-state index in [0.29, 0.717) is 12.5 Å². The van der Waals surface area contributed by atoms with E-state index in [4.69, 9.17) is 0 Å². The highest BCUT2D eigenvalue weighted by Gasteiger charge is 2.18. The van der Waals surface area contributed by atoms with Gasteiger partial charge < -0.3 is 10.6 Å². The van der Waals surface area contributed by atoms with Crippen LogP contribution in [0.4, 0.5) is 0 Å². The van der Waals surface area contributed by atoms with Crippen molar-refractivity contribution in [1.82, 2.24) is 10.6 Å². The van der Waals surface area contributed by atoms with E-state index in [1.807, 2.05) is 0 Å². The van der Waals surface area contributed by atoms with Gasteiger partial charge in [-0.25, -0.2) is 0 Å². The maximum atomic E-state index is 10.7. The molecule has 0 spiro atoms. The molecule has 1 aliphatic heterocycles. The van der Waals surface area contributed by atoms with E-state index in [9.17, 15) is 4.79 Å². The highest BCUT2D eigenvalue weighted by molar-refractivity contribution is 5.76. The smallest absolute Gasteiger partial charge is 0.221 e. The molecule has 1 heterocycles. The third-order valence-electron chi connectivity index (χ3n) is 1.64. The Labute approximate surface area is 54.8 Å². The molecule has 1 rings (SSSR count). The first-order valence-electron chi connectivity index (χ1n) is 3.27. The Hall–Kier alpha value is -0.570. The molecule has 3 heteroatoms. The SMILES string of the molecule is CNC(=O)CC1CCN1. The fourth-order valence-electron chi connectivity index (χ4n) is 0.849. The first-order valence-corrected chi connectivity index (χ1v) is 3.27. The minimum Gasteiger partial charge on any atom is -0.359 e. The molecule has 52 valence electrons. The number of hydrogen-bond acceptors (Lipinski definition) is 2. The Balaban J connectivity index is 2.09. The van der Waals surface area contributed by atoms with E-state index in [1.165, 1.54) is 0 Å². The molecule has 1 atom stereocenters. The summed E-state index contributed by atoms with van der Waals surface area (Å²) in [6.45, 7) is 1.07. The van der Waals surface area contributed by atoms with Crippen molar-refractivity contribution in [3.05, 3.63) is 0 Å². The van der Waals surface area contributed by atoms with Crippen molar-refractivity contribution < 1.29 is 4.79 Å². The summed E-state index contributed by atoms with van der Waals surface area (Å²) in [6.07, 6.45) is 1.78. The maximum absolute atomic E-state index is 10.7. The minimum atomic E-state index is 0.132. The highest BCUT2D eigenvalue weighted by atomic mass is 16.1. The van der Waals surface area contributed by atoms with Gasteiger partial charge in [-0.2, -0.15) is 0 Å². The minimum absolute atomic E-state index is 0.132. The van der Waals surface area contributed by atoms with Crippen LogP contribution in [0.1, 0.15) is 12.8 Å². The predicted molar refractivity (Wildman–Crippen MR) is 35.1 cm³/mol. The Bertz CT molecular complexity index is 110. The van der Waals surface area contributed by atoms with Gasteiger partial charge in [-0.1, -0.05) is 0 Å². The number of nitrogens with one attached hydrogen (secondary N) is 2. The van der Waals surface area contributed by atoms with Crippen molar-refractivity contribution in [2.45, 2.75) is 18.9 Å². The summed E-state index contributed by atoms with van der Waals surface area (Å²) in [7, 11) is 1.67. The normalized spacial score (nSPS) is 24.8. The highest BCUT2D eigenvalue weighted by Crippen LogP contribution is 2.05. The first kappa shape index (κ1) is 6.55. The average Bonchev–Trinajstić information content (AvgIpc) is 1.78. The number of amides is 1. The van der Waals surface area contributed by atoms with Gasteiger partial charge in [0.1, 0.15) is 0 Å². The molecule has 1 fully saturated rings. The molecule has 9 heavy (non-hydrogen) atoms. The van der Waals surface area contributed by atoms with Gasteiger partial charge in [0.25, 0.3) is 0 Å². The van der Waals surface area contributed by atoms with Crippen molar-refractivity contribution >= 4 is 5.91 Å². The molecule has 0 aliphatic carbocycles. The van der Waals surface area contributed by atoms with Gasteiger partial charge >= 0.3 is 0 Å². The second kappa shape index (κ2) is 2.82. The zero-order valence-corrected chi connectivity index (χ0v) is 5.61. The molecule has 1 unspecified atom stereocenters. The Morgan fingerprint density at radius 1 is 1.89 bits per heavy atom. The Morgan fingerprint density at radius 3 is 2.89 bits per heavy atom. The molecule has 3 nitrogen and oxygen atoms in total. The van der Waals surface area contributed by atoms with Gasteiger partial charge in [0, 0.05) is 19.5 Å². The summed E-state index contributed by atoms with van der Waals surface area (Å²) in [6, 6.07) is 0.449. The van der Waals surface area contributed by atoms with Gasteiger partial charge in [-0.05, 0) is 13.0 Å². The van der Waals surface area contributed by atoms with E-state index in [2.05, 4.69) is 10.6 Å². The van der Waals surface area contributed by atoms with E-state index < -0.39 is 0 Å². The molecule has 0 radical (unpaired) electrons. The van der Waals surface area contributed by atoms with Gasteiger partial charge in [-0.15, -0.1) is 0 Å². The molecule has 0 aromatic rings. The second-order valence-corrected chi connectivity index (χ2v) is 2.32. The van der Waals surface area contributed by atoms with E-state index in [0.717, 1.165) is 13.0 Å². The maximum Gasteiger partial charge on any atom is 0.221 e. The van der Waals surface area contributed by atoms with Crippen LogP contribution < -0.4 is 10.6 Å². The zero-order valence-electron chi connectivity index (χ0n) is 5.61. The summed E-state index contributed by atoms with van der Waals surface area (Å²) in [5.74, 6) is 0.132.